The Morgan fingerprint density at radius 2 is 2.33 bits per heavy atom. The van der Waals surface area contributed by atoms with Crippen LogP contribution in [0.2, 0.25) is 0 Å². The number of hydrogen-bond donors (Lipinski definition) is 1. The molecule has 0 amide bonds. The zero-order chi connectivity index (χ0) is 10.7. The van der Waals surface area contributed by atoms with Crippen molar-refractivity contribution >= 4 is 17.2 Å². The quantitative estimate of drug-likeness (QED) is 0.776. The van der Waals surface area contributed by atoms with E-state index in [1.54, 1.807) is 18.2 Å². The van der Waals surface area contributed by atoms with Crippen molar-refractivity contribution in [3.63, 3.8) is 0 Å². The van der Waals surface area contributed by atoms with Gasteiger partial charge in [-0.25, -0.2) is 0 Å². The van der Waals surface area contributed by atoms with E-state index in [4.69, 9.17) is 15.7 Å². The minimum Gasteiger partial charge on any atom is -0.428 e. The van der Waals surface area contributed by atoms with Crippen molar-refractivity contribution in [1.82, 2.24) is 9.36 Å². The molecule has 1 aromatic heterocycles. The third-order valence-corrected chi connectivity index (χ3v) is 2.22. The van der Waals surface area contributed by atoms with Gasteiger partial charge in [-0.15, -0.1) is 0 Å². The van der Waals surface area contributed by atoms with Crippen LogP contribution in [-0.4, -0.2) is 9.36 Å². The maximum atomic E-state index is 8.64. The average molecular weight is 218 g/mol. The zero-order valence-electron chi connectivity index (χ0n) is 7.54. The fourth-order valence-corrected chi connectivity index (χ4v) is 1.42. The first-order valence-corrected chi connectivity index (χ1v) is 4.81. The third kappa shape index (κ3) is 2.03. The van der Waals surface area contributed by atoms with Gasteiger partial charge in [-0.3, -0.25) is 0 Å². The van der Waals surface area contributed by atoms with E-state index in [2.05, 4.69) is 9.36 Å². The summed E-state index contributed by atoms with van der Waals surface area (Å²) in [6.07, 6.45) is 1.40. The second-order valence-corrected chi connectivity index (χ2v) is 3.42. The van der Waals surface area contributed by atoms with Gasteiger partial charge in [-0.05, 0) is 18.2 Å². The van der Waals surface area contributed by atoms with E-state index in [-0.39, 0.29) is 0 Å². The van der Waals surface area contributed by atoms with Crippen molar-refractivity contribution in [3.05, 3.63) is 30.1 Å². The van der Waals surface area contributed by atoms with E-state index < -0.39 is 0 Å². The van der Waals surface area contributed by atoms with E-state index in [9.17, 15) is 0 Å². The van der Waals surface area contributed by atoms with Gasteiger partial charge in [0.1, 0.15) is 6.33 Å². The Kier molecular flexibility index (Phi) is 2.48. The number of ether oxygens (including phenoxy) is 1. The van der Waals surface area contributed by atoms with Crippen molar-refractivity contribution in [3.8, 4) is 17.0 Å². The smallest absolute Gasteiger partial charge is 0.298 e. The summed E-state index contributed by atoms with van der Waals surface area (Å²) in [6, 6.07) is 6.81. The fraction of sp³-hybridized carbons (Fsp3) is 0. The van der Waals surface area contributed by atoms with E-state index >= 15 is 0 Å². The summed E-state index contributed by atoms with van der Waals surface area (Å²) in [5.41, 5.74) is 6.60. The first-order chi connectivity index (χ1) is 7.29. The van der Waals surface area contributed by atoms with Gasteiger partial charge in [0.2, 0.25) is 0 Å². The lowest BCUT2D eigenvalue weighted by Crippen LogP contribution is -1.92. The van der Waals surface area contributed by atoms with Crippen LogP contribution in [0.1, 0.15) is 5.56 Å². The molecule has 0 saturated carbocycles. The first-order valence-electron chi connectivity index (χ1n) is 4.04. The minimum absolute atomic E-state index is 0.407. The predicted molar refractivity (Wildman–Crippen MR) is 55.6 cm³/mol. The monoisotopic (exact) mass is 218 g/mol. The number of rotatable bonds is 2. The highest BCUT2D eigenvalue weighted by Crippen LogP contribution is 2.28. The molecule has 2 N–H and O–H groups in total. The molecule has 0 saturated heterocycles. The number of benzene rings is 1. The maximum absolute atomic E-state index is 8.64. The summed E-state index contributed by atoms with van der Waals surface area (Å²) in [5, 5.41) is 9.07. The summed E-state index contributed by atoms with van der Waals surface area (Å²) in [7, 11) is 0. The first kappa shape index (κ1) is 9.43. The summed E-state index contributed by atoms with van der Waals surface area (Å²) in [6.45, 7) is 0. The molecule has 1 aromatic carbocycles. The molecule has 0 spiro atoms. The second-order valence-electron chi connectivity index (χ2n) is 2.67. The number of anilines is 1. The van der Waals surface area contributed by atoms with Gasteiger partial charge in [0.15, 0.2) is 5.75 Å². The van der Waals surface area contributed by atoms with Gasteiger partial charge in [0.25, 0.3) is 5.19 Å². The van der Waals surface area contributed by atoms with Gasteiger partial charge in [0.05, 0.1) is 17.3 Å². The Morgan fingerprint density at radius 3 is 2.93 bits per heavy atom. The van der Waals surface area contributed by atoms with Crippen molar-refractivity contribution in [2.24, 2.45) is 0 Å². The Morgan fingerprint density at radius 1 is 1.47 bits per heavy atom. The van der Waals surface area contributed by atoms with Crippen LogP contribution in [0, 0.1) is 11.3 Å². The SMILES string of the molecule is N#Cc1ccc(Oc2ncns2)c(N)c1. The fourth-order valence-electron chi connectivity index (χ4n) is 1.01. The molecule has 5 nitrogen and oxygen atoms in total. The van der Waals surface area contributed by atoms with Gasteiger partial charge in [-0.2, -0.15) is 14.6 Å². The van der Waals surface area contributed by atoms with Crippen molar-refractivity contribution < 1.29 is 4.74 Å². The maximum Gasteiger partial charge on any atom is 0.298 e. The Hall–Kier alpha value is -2.13. The molecular weight excluding hydrogens is 212 g/mol. The molecule has 0 atom stereocenters. The summed E-state index contributed by atoms with van der Waals surface area (Å²) in [5.74, 6) is 0.478. The average Bonchev–Trinajstić information content (AvgIpc) is 2.74. The molecule has 0 aliphatic carbocycles. The molecular formula is C9H6N4OS. The van der Waals surface area contributed by atoms with Crippen LogP contribution in [0.25, 0.3) is 0 Å². The second kappa shape index (κ2) is 3.94. The van der Waals surface area contributed by atoms with E-state index in [1.807, 2.05) is 6.07 Å². The van der Waals surface area contributed by atoms with Crippen molar-refractivity contribution in [2.45, 2.75) is 0 Å². The van der Waals surface area contributed by atoms with Crippen LogP contribution in [0.5, 0.6) is 10.9 Å². The molecule has 0 bridgehead atoms. The van der Waals surface area contributed by atoms with Crippen LogP contribution >= 0.6 is 11.5 Å². The molecule has 1 heterocycles. The van der Waals surface area contributed by atoms with E-state index in [0.29, 0.717) is 22.2 Å². The lowest BCUT2D eigenvalue weighted by Gasteiger charge is -2.04. The molecule has 0 aliphatic heterocycles. The van der Waals surface area contributed by atoms with Gasteiger partial charge < -0.3 is 10.5 Å². The molecule has 15 heavy (non-hydrogen) atoms. The lowest BCUT2D eigenvalue weighted by atomic mass is 10.2. The minimum atomic E-state index is 0.407. The molecule has 0 fully saturated rings. The molecule has 74 valence electrons. The predicted octanol–water partition coefficient (Wildman–Crippen LogP) is 1.78. The number of nitrogens with two attached hydrogens (primary N) is 1. The van der Waals surface area contributed by atoms with Gasteiger partial charge in [0, 0.05) is 11.5 Å². The van der Waals surface area contributed by atoms with Crippen molar-refractivity contribution in [2.75, 3.05) is 5.73 Å². The van der Waals surface area contributed by atoms with Crippen LogP contribution in [-0.2, 0) is 0 Å². The summed E-state index contributed by atoms with van der Waals surface area (Å²) in [4.78, 5) is 3.86. The Balaban J connectivity index is 2.27. The molecule has 2 aromatic rings. The highest BCUT2D eigenvalue weighted by molar-refractivity contribution is 7.07. The summed E-state index contributed by atoms with van der Waals surface area (Å²) < 4.78 is 9.15. The zero-order valence-corrected chi connectivity index (χ0v) is 8.36. The topological polar surface area (TPSA) is 84.8 Å². The lowest BCUT2D eigenvalue weighted by molar-refractivity contribution is 0.481. The van der Waals surface area contributed by atoms with Crippen LogP contribution < -0.4 is 10.5 Å². The number of hydrogen-bond acceptors (Lipinski definition) is 6. The molecule has 0 radical (unpaired) electrons. The Bertz CT molecular complexity index is 503. The van der Waals surface area contributed by atoms with Gasteiger partial charge >= 0.3 is 0 Å². The van der Waals surface area contributed by atoms with Gasteiger partial charge in [-0.1, -0.05) is 0 Å². The Labute approximate surface area is 89.9 Å². The van der Waals surface area contributed by atoms with E-state index in [1.165, 1.54) is 6.33 Å². The number of aromatic nitrogens is 2. The molecule has 6 heteroatoms. The third-order valence-electron chi connectivity index (χ3n) is 1.68. The van der Waals surface area contributed by atoms with Crippen LogP contribution in [0.3, 0.4) is 0 Å². The number of nitrogens with zero attached hydrogens (tertiary/aromatic N) is 3. The molecule has 0 unspecified atom stereocenters. The number of nitrogen functional groups attached to an aromatic ring is 1. The largest absolute Gasteiger partial charge is 0.428 e. The van der Waals surface area contributed by atoms with Crippen molar-refractivity contribution in [1.29, 1.82) is 5.26 Å². The highest BCUT2D eigenvalue weighted by Gasteiger charge is 2.05. The van der Waals surface area contributed by atoms with E-state index in [0.717, 1.165) is 11.5 Å². The van der Waals surface area contributed by atoms with Crippen LogP contribution in [0.15, 0.2) is 24.5 Å². The van der Waals surface area contributed by atoms with Crippen LogP contribution in [0.4, 0.5) is 5.69 Å². The molecule has 0 aliphatic rings. The number of nitriles is 1. The molecule has 2 rings (SSSR count). The normalized spacial score (nSPS) is 9.53. The summed E-state index contributed by atoms with van der Waals surface area (Å²) >= 11 is 1.13. The standard InChI is InChI=1S/C9H6N4OS/c10-4-6-1-2-8(7(11)3-6)14-9-12-5-13-15-9/h1-3,5H,11H2. The highest BCUT2D eigenvalue weighted by atomic mass is 32.1.